The fraction of sp³-hybridized carbons (Fsp3) is 0.133. The third kappa shape index (κ3) is 2.77. The van der Waals surface area contributed by atoms with Crippen molar-refractivity contribution >= 4 is 11.5 Å². The third-order valence-electron chi connectivity index (χ3n) is 2.96. The minimum atomic E-state index is -0.745. The molecule has 0 amide bonds. The van der Waals surface area contributed by atoms with Crippen LogP contribution in [0.2, 0.25) is 0 Å². The van der Waals surface area contributed by atoms with E-state index in [1.807, 2.05) is 0 Å². The van der Waals surface area contributed by atoms with Gasteiger partial charge in [-0.1, -0.05) is 6.07 Å². The van der Waals surface area contributed by atoms with Crippen molar-refractivity contribution in [3.8, 4) is 5.75 Å². The van der Waals surface area contributed by atoms with Crippen LogP contribution in [-0.4, -0.2) is 12.9 Å². The van der Waals surface area contributed by atoms with E-state index in [2.05, 4.69) is 0 Å². The quantitative estimate of drug-likeness (QED) is 0.690. The van der Waals surface area contributed by atoms with E-state index in [0.29, 0.717) is 5.75 Å². The Balaban J connectivity index is 2.29. The first kappa shape index (κ1) is 14.0. The number of hydrogen-bond acceptors (Lipinski definition) is 3. The summed E-state index contributed by atoms with van der Waals surface area (Å²) in [6.07, 6.45) is -0.380. The van der Waals surface area contributed by atoms with Gasteiger partial charge in [-0.15, -0.1) is 0 Å². The van der Waals surface area contributed by atoms with E-state index in [-0.39, 0.29) is 23.2 Å². The molecule has 0 bridgehead atoms. The molecule has 0 unspecified atom stereocenters. The predicted octanol–water partition coefficient (Wildman–Crippen LogP) is 2.98. The van der Waals surface area contributed by atoms with Crippen LogP contribution >= 0.6 is 0 Å². The van der Waals surface area contributed by atoms with Gasteiger partial charge in [-0.2, -0.15) is 0 Å². The fourth-order valence-electron chi connectivity index (χ4n) is 1.88. The van der Waals surface area contributed by atoms with Crippen LogP contribution in [-0.2, 0) is 6.42 Å². The number of methoxy groups -OCH3 is 1. The van der Waals surface area contributed by atoms with Gasteiger partial charge in [0.2, 0.25) is 0 Å². The van der Waals surface area contributed by atoms with Crippen LogP contribution in [0.1, 0.15) is 15.9 Å². The van der Waals surface area contributed by atoms with Gasteiger partial charge in [-0.25, -0.2) is 8.78 Å². The molecule has 0 heterocycles. The van der Waals surface area contributed by atoms with E-state index < -0.39 is 17.4 Å². The summed E-state index contributed by atoms with van der Waals surface area (Å²) >= 11 is 0. The Labute approximate surface area is 115 Å². The summed E-state index contributed by atoms with van der Waals surface area (Å²) in [4.78, 5) is 12.1. The van der Waals surface area contributed by atoms with Gasteiger partial charge >= 0.3 is 0 Å². The van der Waals surface area contributed by atoms with Gasteiger partial charge < -0.3 is 10.5 Å². The lowest BCUT2D eigenvalue weighted by Crippen LogP contribution is -2.09. The summed E-state index contributed by atoms with van der Waals surface area (Å²) in [5, 5.41) is 0. The largest absolute Gasteiger partial charge is 0.497 e. The molecule has 0 aliphatic heterocycles. The van der Waals surface area contributed by atoms with E-state index >= 15 is 0 Å². The molecule has 2 N–H and O–H groups in total. The van der Waals surface area contributed by atoms with Crippen molar-refractivity contribution < 1.29 is 18.3 Å². The summed E-state index contributed by atoms with van der Waals surface area (Å²) in [7, 11) is 1.48. The molecule has 3 nitrogen and oxygen atoms in total. The number of anilines is 1. The number of benzene rings is 2. The van der Waals surface area contributed by atoms with Crippen LogP contribution in [0.15, 0.2) is 36.4 Å². The number of ether oxygens (including phenoxy) is 1. The first-order valence-corrected chi connectivity index (χ1v) is 5.92. The molecule has 0 saturated heterocycles. The number of hydrogen-bond donors (Lipinski definition) is 1. The fourth-order valence-corrected chi connectivity index (χ4v) is 1.88. The average molecular weight is 277 g/mol. The Morgan fingerprint density at radius 1 is 1.20 bits per heavy atom. The molecule has 5 heteroatoms. The lowest BCUT2D eigenvalue weighted by Gasteiger charge is -2.08. The second kappa shape index (κ2) is 5.69. The molecular formula is C15H13F2NO2. The number of nitrogen functional groups attached to an aromatic ring is 1. The van der Waals surface area contributed by atoms with E-state index in [4.69, 9.17) is 10.5 Å². The number of carbonyl (C=O) groups is 1. The topological polar surface area (TPSA) is 52.3 Å². The molecule has 0 aromatic heterocycles. The Bertz CT molecular complexity index is 636. The van der Waals surface area contributed by atoms with E-state index in [0.717, 1.165) is 12.1 Å². The highest BCUT2D eigenvalue weighted by atomic mass is 19.1. The molecule has 0 aliphatic rings. The first-order valence-electron chi connectivity index (χ1n) is 5.92. The minimum Gasteiger partial charge on any atom is -0.497 e. The average Bonchev–Trinajstić information content (AvgIpc) is 2.42. The highest BCUT2D eigenvalue weighted by molar-refractivity contribution is 6.02. The van der Waals surface area contributed by atoms with Gasteiger partial charge in [-0.05, 0) is 24.3 Å². The smallest absolute Gasteiger partial charge is 0.169 e. The highest BCUT2D eigenvalue weighted by Gasteiger charge is 2.16. The molecule has 0 saturated carbocycles. The Kier molecular flexibility index (Phi) is 3.98. The van der Waals surface area contributed by atoms with E-state index in [1.54, 1.807) is 6.07 Å². The van der Waals surface area contributed by atoms with Crippen LogP contribution in [0.5, 0.6) is 5.75 Å². The van der Waals surface area contributed by atoms with Crippen molar-refractivity contribution in [2.24, 2.45) is 0 Å². The molecule has 20 heavy (non-hydrogen) atoms. The summed E-state index contributed by atoms with van der Waals surface area (Å²) in [5.74, 6) is -1.43. The lowest BCUT2D eigenvalue weighted by molar-refractivity contribution is 0.0991. The van der Waals surface area contributed by atoms with Gasteiger partial charge in [0, 0.05) is 29.3 Å². The monoisotopic (exact) mass is 277 g/mol. The van der Waals surface area contributed by atoms with Crippen LogP contribution in [0, 0.1) is 11.6 Å². The number of rotatable bonds is 4. The van der Waals surface area contributed by atoms with Gasteiger partial charge in [0.1, 0.15) is 17.4 Å². The SMILES string of the molecule is COc1ccc(C(=O)Cc2c(F)cccc2F)c(N)c1. The summed E-state index contributed by atoms with van der Waals surface area (Å²) in [5.41, 5.74) is 5.91. The van der Waals surface area contributed by atoms with Crippen LogP contribution in [0.4, 0.5) is 14.5 Å². The summed E-state index contributed by atoms with van der Waals surface area (Å²) in [6, 6.07) is 8.02. The van der Waals surface area contributed by atoms with Crippen molar-refractivity contribution in [1.29, 1.82) is 0 Å². The number of halogens is 2. The highest BCUT2D eigenvalue weighted by Crippen LogP contribution is 2.22. The first-order chi connectivity index (χ1) is 9.52. The van der Waals surface area contributed by atoms with Gasteiger partial charge in [0.05, 0.1) is 7.11 Å². The molecule has 2 aromatic carbocycles. The van der Waals surface area contributed by atoms with Crippen LogP contribution < -0.4 is 10.5 Å². The van der Waals surface area contributed by atoms with Crippen molar-refractivity contribution in [3.63, 3.8) is 0 Å². The summed E-state index contributed by atoms with van der Waals surface area (Å²) in [6.45, 7) is 0. The number of Topliss-reactive ketones (excluding diaryl/α,β-unsaturated/α-hetero) is 1. The van der Waals surface area contributed by atoms with E-state index in [9.17, 15) is 13.6 Å². The van der Waals surface area contributed by atoms with Gasteiger partial charge in [0.15, 0.2) is 5.78 Å². The molecule has 0 fully saturated rings. The minimum absolute atomic E-state index is 0.214. The van der Waals surface area contributed by atoms with Crippen LogP contribution in [0.25, 0.3) is 0 Å². The molecule has 0 radical (unpaired) electrons. The standard InChI is InChI=1S/C15H13F2NO2/c1-20-9-5-6-10(14(18)7-9)15(19)8-11-12(16)3-2-4-13(11)17/h2-7H,8,18H2,1H3. The zero-order valence-corrected chi connectivity index (χ0v) is 10.8. The zero-order chi connectivity index (χ0) is 14.7. The van der Waals surface area contributed by atoms with Crippen molar-refractivity contribution in [3.05, 3.63) is 59.2 Å². The Morgan fingerprint density at radius 2 is 1.85 bits per heavy atom. The molecule has 104 valence electrons. The number of ketones is 1. The third-order valence-corrected chi connectivity index (χ3v) is 2.96. The van der Waals surface area contributed by atoms with Gasteiger partial charge in [0.25, 0.3) is 0 Å². The van der Waals surface area contributed by atoms with Crippen molar-refractivity contribution in [2.45, 2.75) is 6.42 Å². The molecule has 2 rings (SSSR count). The molecule has 2 aromatic rings. The maximum atomic E-state index is 13.5. The lowest BCUT2D eigenvalue weighted by atomic mass is 10.0. The second-order valence-electron chi connectivity index (χ2n) is 4.25. The number of nitrogens with two attached hydrogens (primary N) is 1. The Morgan fingerprint density at radius 3 is 2.40 bits per heavy atom. The van der Waals surface area contributed by atoms with Gasteiger partial charge in [-0.3, -0.25) is 4.79 Å². The predicted molar refractivity (Wildman–Crippen MR) is 71.8 cm³/mol. The maximum absolute atomic E-state index is 13.5. The van der Waals surface area contributed by atoms with Crippen molar-refractivity contribution in [1.82, 2.24) is 0 Å². The molecule has 0 atom stereocenters. The van der Waals surface area contributed by atoms with Crippen molar-refractivity contribution in [2.75, 3.05) is 12.8 Å². The Hall–Kier alpha value is -2.43. The number of carbonyl (C=O) groups excluding carboxylic acids is 1. The molecular weight excluding hydrogens is 264 g/mol. The van der Waals surface area contributed by atoms with E-state index in [1.165, 1.54) is 25.3 Å². The van der Waals surface area contributed by atoms with Crippen LogP contribution in [0.3, 0.4) is 0 Å². The summed E-state index contributed by atoms with van der Waals surface area (Å²) < 4.78 is 32.0. The second-order valence-corrected chi connectivity index (χ2v) is 4.25. The molecule has 0 spiro atoms. The zero-order valence-electron chi connectivity index (χ0n) is 10.8. The molecule has 0 aliphatic carbocycles. The normalized spacial score (nSPS) is 10.3. The maximum Gasteiger partial charge on any atom is 0.169 e.